The molecule has 0 saturated carbocycles. The number of hydrogen-bond acceptors (Lipinski definition) is 5. The van der Waals surface area contributed by atoms with E-state index < -0.39 is 0 Å². The zero-order valence-corrected chi connectivity index (χ0v) is 23.2. The van der Waals surface area contributed by atoms with Crippen LogP contribution in [0.2, 0.25) is 0 Å². The summed E-state index contributed by atoms with van der Waals surface area (Å²) in [5.41, 5.74) is 7.44. The second-order valence-electron chi connectivity index (χ2n) is 9.52. The first-order valence-electron chi connectivity index (χ1n) is 13.7. The first-order valence-corrected chi connectivity index (χ1v) is 13.7. The Labute approximate surface area is 242 Å². The third kappa shape index (κ3) is 8.54. The topological polar surface area (TPSA) is 55.8 Å². The van der Waals surface area contributed by atoms with Gasteiger partial charge in [0.1, 0.15) is 13.2 Å². The molecule has 4 rings (SSSR count). The Bertz CT molecular complexity index is 1350. The average Bonchev–Trinajstić information content (AvgIpc) is 3.03. The predicted molar refractivity (Wildman–Crippen MR) is 166 cm³/mol. The molecule has 0 atom stereocenters. The van der Waals surface area contributed by atoms with Gasteiger partial charge < -0.3 is 14.4 Å². The molecule has 0 amide bonds. The Morgan fingerprint density at radius 2 is 0.951 bits per heavy atom. The summed E-state index contributed by atoms with van der Waals surface area (Å²) in [6.45, 7) is 7.61. The molecule has 5 nitrogen and oxygen atoms in total. The standard InChI is InChI=1S/C36H35NO4/c1-3-26-40-35(38)24-14-28-10-18-32(19-11-28)37(34-22-16-31(17-23-34)30-8-6-5-7-9-30)33-20-12-29(13-21-33)15-25-36(39)41-27-4-2/h3-13,16-23H,1-2,14-15,24-27H2. The molecule has 208 valence electrons. The second kappa shape index (κ2) is 15.0. The highest BCUT2D eigenvalue weighted by atomic mass is 16.5. The van der Waals surface area contributed by atoms with E-state index in [1.54, 1.807) is 12.2 Å². The smallest absolute Gasteiger partial charge is 0.306 e. The van der Waals surface area contributed by atoms with Crippen molar-refractivity contribution in [2.24, 2.45) is 0 Å². The van der Waals surface area contributed by atoms with E-state index in [-0.39, 0.29) is 25.2 Å². The molecule has 0 fully saturated rings. The number of carbonyl (C=O) groups excluding carboxylic acids is 2. The third-order valence-corrected chi connectivity index (χ3v) is 6.58. The lowest BCUT2D eigenvalue weighted by atomic mass is 10.0. The summed E-state index contributed by atoms with van der Waals surface area (Å²) in [4.78, 5) is 26.0. The number of esters is 2. The van der Waals surface area contributed by atoms with Crippen LogP contribution >= 0.6 is 0 Å². The van der Waals surface area contributed by atoms with Crippen LogP contribution in [0.5, 0.6) is 0 Å². The van der Waals surface area contributed by atoms with Crippen molar-refractivity contribution in [1.29, 1.82) is 0 Å². The number of hydrogen-bond donors (Lipinski definition) is 0. The molecule has 0 N–H and O–H groups in total. The van der Waals surface area contributed by atoms with Crippen LogP contribution in [0.15, 0.2) is 128 Å². The molecular weight excluding hydrogens is 510 g/mol. The molecule has 0 aliphatic carbocycles. The highest BCUT2D eigenvalue weighted by molar-refractivity contribution is 5.78. The van der Waals surface area contributed by atoms with Crippen molar-refractivity contribution in [2.75, 3.05) is 18.1 Å². The highest BCUT2D eigenvalue weighted by Crippen LogP contribution is 2.36. The van der Waals surface area contributed by atoms with Gasteiger partial charge in [0.25, 0.3) is 0 Å². The van der Waals surface area contributed by atoms with Crippen molar-refractivity contribution in [3.8, 4) is 11.1 Å². The minimum absolute atomic E-state index is 0.230. The Hall–Kier alpha value is -4.90. The summed E-state index contributed by atoms with van der Waals surface area (Å²) < 4.78 is 10.2. The van der Waals surface area contributed by atoms with Crippen LogP contribution in [0.3, 0.4) is 0 Å². The lowest BCUT2D eigenvalue weighted by Gasteiger charge is -2.26. The van der Waals surface area contributed by atoms with E-state index in [2.05, 4.69) is 78.7 Å². The van der Waals surface area contributed by atoms with Gasteiger partial charge in [0.2, 0.25) is 0 Å². The van der Waals surface area contributed by atoms with Crippen LogP contribution < -0.4 is 4.90 Å². The van der Waals surface area contributed by atoms with Gasteiger partial charge in [0, 0.05) is 29.9 Å². The summed E-state index contributed by atoms with van der Waals surface area (Å²) in [6.07, 6.45) is 4.98. The normalized spacial score (nSPS) is 10.4. The molecule has 5 heteroatoms. The van der Waals surface area contributed by atoms with Crippen molar-refractivity contribution in [2.45, 2.75) is 25.7 Å². The van der Waals surface area contributed by atoms with E-state index in [9.17, 15) is 9.59 Å². The Morgan fingerprint density at radius 1 is 0.561 bits per heavy atom. The first-order chi connectivity index (χ1) is 20.1. The zero-order chi connectivity index (χ0) is 28.9. The molecule has 0 saturated heterocycles. The van der Waals surface area contributed by atoms with Crippen molar-refractivity contribution >= 4 is 29.0 Å². The maximum atomic E-state index is 11.9. The van der Waals surface area contributed by atoms with Crippen molar-refractivity contribution in [3.63, 3.8) is 0 Å². The summed E-state index contributed by atoms with van der Waals surface area (Å²) in [6, 6.07) is 35.3. The van der Waals surface area contributed by atoms with E-state index in [0.29, 0.717) is 25.7 Å². The summed E-state index contributed by atoms with van der Waals surface area (Å²) in [7, 11) is 0. The van der Waals surface area contributed by atoms with E-state index in [0.717, 1.165) is 39.3 Å². The molecule has 0 heterocycles. The van der Waals surface area contributed by atoms with E-state index in [4.69, 9.17) is 9.47 Å². The van der Waals surface area contributed by atoms with Crippen LogP contribution in [-0.4, -0.2) is 25.2 Å². The molecule has 0 aliphatic rings. The van der Waals surface area contributed by atoms with Crippen molar-refractivity contribution < 1.29 is 19.1 Å². The fraction of sp³-hybridized carbons (Fsp3) is 0.167. The largest absolute Gasteiger partial charge is 0.461 e. The van der Waals surface area contributed by atoms with Gasteiger partial charge in [-0.15, -0.1) is 0 Å². The minimum Gasteiger partial charge on any atom is -0.461 e. The van der Waals surface area contributed by atoms with Crippen LogP contribution in [0.4, 0.5) is 17.1 Å². The number of anilines is 3. The lowest BCUT2D eigenvalue weighted by molar-refractivity contribution is -0.143. The van der Waals surface area contributed by atoms with Gasteiger partial charge in [-0.1, -0.05) is 92.0 Å². The van der Waals surface area contributed by atoms with Gasteiger partial charge in [-0.25, -0.2) is 0 Å². The van der Waals surface area contributed by atoms with Crippen molar-refractivity contribution in [3.05, 3.63) is 140 Å². The zero-order valence-electron chi connectivity index (χ0n) is 23.2. The van der Waals surface area contributed by atoms with Gasteiger partial charge >= 0.3 is 11.9 Å². The number of benzene rings is 4. The van der Waals surface area contributed by atoms with Crippen LogP contribution in [0.1, 0.15) is 24.0 Å². The van der Waals surface area contributed by atoms with Gasteiger partial charge in [0.05, 0.1) is 0 Å². The number of rotatable bonds is 14. The first kappa shape index (κ1) is 29.1. The van der Waals surface area contributed by atoms with Crippen LogP contribution in [0, 0.1) is 0 Å². The molecule has 0 radical (unpaired) electrons. The molecule has 4 aromatic carbocycles. The molecule has 0 bridgehead atoms. The SMILES string of the molecule is C=CCOC(=O)CCc1ccc(N(c2ccc(CCC(=O)OCC=C)cc2)c2ccc(-c3ccccc3)cc2)cc1. The average molecular weight is 546 g/mol. The summed E-state index contributed by atoms with van der Waals surface area (Å²) in [5, 5.41) is 0. The minimum atomic E-state index is -0.233. The Kier molecular flexibility index (Phi) is 10.7. The van der Waals surface area contributed by atoms with Gasteiger partial charge in [0.15, 0.2) is 0 Å². The molecule has 0 aliphatic heterocycles. The van der Waals surface area contributed by atoms with E-state index >= 15 is 0 Å². The Morgan fingerprint density at radius 3 is 1.37 bits per heavy atom. The fourth-order valence-corrected chi connectivity index (χ4v) is 4.45. The van der Waals surface area contributed by atoms with Gasteiger partial charge in [-0.05, 0) is 71.5 Å². The Balaban J connectivity index is 1.55. The monoisotopic (exact) mass is 545 g/mol. The number of ether oxygens (including phenoxy) is 2. The number of carbonyl (C=O) groups is 2. The van der Waals surface area contributed by atoms with E-state index in [1.807, 2.05) is 42.5 Å². The molecule has 41 heavy (non-hydrogen) atoms. The molecular formula is C36H35NO4. The fourth-order valence-electron chi connectivity index (χ4n) is 4.45. The lowest BCUT2D eigenvalue weighted by Crippen LogP contribution is -2.10. The highest BCUT2D eigenvalue weighted by Gasteiger charge is 2.14. The molecule has 4 aromatic rings. The quantitative estimate of drug-likeness (QED) is 0.118. The predicted octanol–water partition coefficient (Wildman–Crippen LogP) is 8.15. The maximum Gasteiger partial charge on any atom is 0.306 e. The summed E-state index contributed by atoms with van der Waals surface area (Å²) in [5.74, 6) is -0.466. The number of nitrogens with zero attached hydrogens (tertiary/aromatic N) is 1. The molecule has 0 unspecified atom stereocenters. The van der Waals surface area contributed by atoms with Gasteiger partial charge in [-0.2, -0.15) is 0 Å². The third-order valence-electron chi connectivity index (χ3n) is 6.58. The van der Waals surface area contributed by atoms with Gasteiger partial charge in [-0.3, -0.25) is 9.59 Å². The molecule has 0 spiro atoms. The van der Waals surface area contributed by atoms with Crippen LogP contribution in [0.25, 0.3) is 11.1 Å². The van der Waals surface area contributed by atoms with Crippen molar-refractivity contribution in [1.82, 2.24) is 0 Å². The van der Waals surface area contributed by atoms with E-state index in [1.165, 1.54) is 0 Å². The maximum absolute atomic E-state index is 11.9. The second-order valence-corrected chi connectivity index (χ2v) is 9.52. The molecule has 0 aromatic heterocycles. The summed E-state index contributed by atoms with van der Waals surface area (Å²) >= 11 is 0. The van der Waals surface area contributed by atoms with Crippen LogP contribution in [-0.2, 0) is 31.9 Å². The number of aryl methyl sites for hydroxylation is 2.